The lowest BCUT2D eigenvalue weighted by Crippen LogP contribution is -2.23. The van der Waals surface area contributed by atoms with Gasteiger partial charge in [-0.25, -0.2) is 4.79 Å². The molecule has 0 unspecified atom stereocenters. The smallest absolute Gasteiger partial charge is 0.341 e. The van der Waals surface area contributed by atoms with Gasteiger partial charge in [0.05, 0.1) is 29.3 Å². The van der Waals surface area contributed by atoms with Crippen LogP contribution in [0.25, 0.3) is 0 Å². The van der Waals surface area contributed by atoms with E-state index in [2.05, 4.69) is 16.0 Å². The summed E-state index contributed by atoms with van der Waals surface area (Å²) in [4.78, 5) is 37.4. The lowest BCUT2D eigenvalue weighted by Gasteiger charge is -2.21. The molecule has 1 aliphatic rings. The van der Waals surface area contributed by atoms with E-state index in [9.17, 15) is 14.4 Å². The molecule has 2 amide bonds. The average Bonchev–Trinajstić information content (AvgIpc) is 3.07. The molecule has 0 saturated carbocycles. The molecule has 1 aromatic carbocycles. The van der Waals surface area contributed by atoms with E-state index in [0.717, 1.165) is 11.3 Å². The van der Waals surface area contributed by atoms with E-state index in [4.69, 9.17) is 14.2 Å². The van der Waals surface area contributed by atoms with E-state index in [1.54, 1.807) is 32.0 Å². The van der Waals surface area contributed by atoms with Gasteiger partial charge in [-0.05, 0) is 31.5 Å². The molecule has 10 heteroatoms. The van der Waals surface area contributed by atoms with Crippen LogP contribution in [0.5, 0.6) is 11.5 Å². The third kappa shape index (κ3) is 4.48. The summed E-state index contributed by atoms with van der Waals surface area (Å²) in [5, 5.41) is 8.52. The zero-order chi connectivity index (χ0) is 21.7. The fourth-order valence-corrected chi connectivity index (χ4v) is 4.10. The molecule has 0 spiro atoms. The Balaban J connectivity index is 1.76. The largest absolute Gasteiger partial charge is 0.486 e. The maximum atomic E-state index is 12.6. The summed E-state index contributed by atoms with van der Waals surface area (Å²) in [5.74, 6) is -0.153. The summed E-state index contributed by atoms with van der Waals surface area (Å²) in [6.07, 6.45) is 0. The van der Waals surface area contributed by atoms with E-state index >= 15 is 0 Å². The predicted molar refractivity (Wildman–Crippen MR) is 113 cm³/mol. The van der Waals surface area contributed by atoms with Crippen LogP contribution in [0.1, 0.15) is 32.5 Å². The molecular weight excluding hydrogens is 410 g/mol. The lowest BCUT2D eigenvalue weighted by molar-refractivity contribution is -0.114. The third-order valence-electron chi connectivity index (χ3n) is 4.32. The standard InChI is InChI=1S/C20H23N3O6S/c1-4-27-20(26)15-11(2)17(18(25)21-3)30-19(15)23-14(24)10-22-12-6-5-7-13-16(12)29-9-8-28-13/h5-7,22H,4,8-10H2,1-3H3,(H,21,25)(H,23,24). The molecule has 30 heavy (non-hydrogen) atoms. The summed E-state index contributed by atoms with van der Waals surface area (Å²) >= 11 is 1.03. The van der Waals surface area contributed by atoms with Gasteiger partial charge < -0.3 is 30.2 Å². The Bertz CT molecular complexity index is 972. The first-order valence-electron chi connectivity index (χ1n) is 9.41. The first kappa shape index (κ1) is 21.4. The van der Waals surface area contributed by atoms with Crippen LogP contribution in [0, 0.1) is 6.92 Å². The second kappa shape index (κ2) is 9.49. The van der Waals surface area contributed by atoms with Crippen molar-refractivity contribution in [3.8, 4) is 11.5 Å². The molecule has 3 rings (SSSR count). The van der Waals surface area contributed by atoms with Gasteiger partial charge in [0.2, 0.25) is 5.91 Å². The molecule has 0 radical (unpaired) electrons. The number of ether oxygens (including phenoxy) is 3. The molecule has 3 N–H and O–H groups in total. The fourth-order valence-electron chi connectivity index (χ4n) is 2.94. The Morgan fingerprint density at radius 3 is 2.70 bits per heavy atom. The van der Waals surface area contributed by atoms with E-state index < -0.39 is 5.97 Å². The third-order valence-corrected chi connectivity index (χ3v) is 5.52. The highest BCUT2D eigenvalue weighted by atomic mass is 32.1. The molecule has 0 aliphatic carbocycles. The molecule has 1 aliphatic heterocycles. The number of carbonyl (C=O) groups is 3. The van der Waals surface area contributed by atoms with Crippen LogP contribution in [-0.4, -0.2) is 51.2 Å². The van der Waals surface area contributed by atoms with Gasteiger partial charge >= 0.3 is 5.97 Å². The number of anilines is 2. The zero-order valence-electron chi connectivity index (χ0n) is 16.9. The summed E-state index contributed by atoms with van der Waals surface area (Å²) in [6, 6.07) is 5.37. The molecule has 2 heterocycles. The highest BCUT2D eigenvalue weighted by Crippen LogP contribution is 2.37. The summed E-state index contributed by atoms with van der Waals surface area (Å²) in [7, 11) is 1.50. The van der Waals surface area contributed by atoms with Crippen molar-refractivity contribution in [3.05, 3.63) is 34.2 Å². The van der Waals surface area contributed by atoms with Crippen LogP contribution in [0.3, 0.4) is 0 Å². The molecule has 2 aromatic rings. The first-order chi connectivity index (χ1) is 14.5. The van der Waals surface area contributed by atoms with Gasteiger partial charge in [0.1, 0.15) is 18.2 Å². The van der Waals surface area contributed by atoms with Crippen LogP contribution in [0.15, 0.2) is 18.2 Å². The van der Waals surface area contributed by atoms with Gasteiger partial charge in [-0.3, -0.25) is 9.59 Å². The van der Waals surface area contributed by atoms with Gasteiger partial charge in [0.15, 0.2) is 11.5 Å². The van der Waals surface area contributed by atoms with Crippen molar-refractivity contribution >= 4 is 39.8 Å². The van der Waals surface area contributed by atoms with Gasteiger partial charge in [0.25, 0.3) is 5.91 Å². The number of carbonyl (C=O) groups excluding carboxylic acids is 3. The first-order valence-corrected chi connectivity index (χ1v) is 10.2. The van der Waals surface area contributed by atoms with E-state index in [1.807, 2.05) is 0 Å². The van der Waals surface area contributed by atoms with Crippen LogP contribution < -0.4 is 25.4 Å². The minimum atomic E-state index is -0.590. The number of amides is 2. The Kier molecular flexibility index (Phi) is 6.78. The van der Waals surface area contributed by atoms with Crippen molar-refractivity contribution < 1.29 is 28.6 Å². The highest BCUT2D eigenvalue weighted by Gasteiger charge is 2.26. The normalized spacial score (nSPS) is 12.1. The lowest BCUT2D eigenvalue weighted by atomic mass is 10.1. The quantitative estimate of drug-likeness (QED) is 0.575. The van der Waals surface area contributed by atoms with E-state index in [0.29, 0.717) is 40.8 Å². The minimum absolute atomic E-state index is 0.0751. The minimum Gasteiger partial charge on any atom is -0.486 e. The van der Waals surface area contributed by atoms with Crippen LogP contribution in [-0.2, 0) is 9.53 Å². The summed E-state index contributed by atoms with van der Waals surface area (Å²) in [6.45, 7) is 4.34. The Morgan fingerprint density at radius 2 is 1.97 bits per heavy atom. The molecule has 1 aromatic heterocycles. The highest BCUT2D eigenvalue weighted by molar-refractivity contribution is 7.18. The van der Waals surface area contributed by atoms with Gasteiger partial charge in [-0.2, -0.15) is 0 Å². The Hall–Kier alpha value is -3.27. The Labute approximate surface area is 177 Å². The SMILES string of the molecule is CCOC(=O)c1c(NC(=O)CNc2cccc3c2OCCO3)sc(C(=O)NC)c1C. The van der Waals surface area contributed by atoms with Gasteiger partial charge in [-0.15, -0.1) is 11.3 Å². The molecule has 9 nitrogen and oxygen atoms in total. The Morgan fingerprint density at radius 1 is 1.20 bits per heavy atom. The van der Waals surface area contributed by atoms with Crippen molar-refractivity contribution in [3.63, 3.8) is 0 Å². The summed E-state index contributed by atoms with van der Waals surface area (Å²) in [5.41, 5.74) is 1.27. The van der Waals surface area contributed by atoms with Crippen molar-refractivity contribution in [1.29, 1.82) is 0 Å². The van der Waals surface area contributed by atoms with Crippen molar-refractivity contribution in [2.24, 2.45) is 0 Å². The fraction of sp³-hybridized carbons (Fsp3) is 0.350. The molecule has 0 atom stereocenters. The maximum absolute atomic E-state index is 12.6. The molecule has 0 fully saturated rings. The summed E-state index contributed by atoms with van der Waals surface area (Å²) < 4.78 is 16.2. The van der Waals surface area contributed by atoms with Crippen LogP contribution in [0.2, 0.25) is 0 Å². The number of thiophene rings is 1. The number of benzene rings is 1. The van der Waals surface area contributed by atoms with Crippen molar-refractivity contribution in [1.82, 2.24) is 5.32 Å². The molecular formula is C20H23N3O6S. The van der Waals surface area contributed by atoms with E-state index in [1.165, 1.54) is 7.05 Å². The number of nitrogens with one attached hydrogen (secondary N) is 3. The zero-order valence-corrected chi connectivity index (χ0v) is 17.7. The average molecular weight is 433 g/mol. The molecule has 160 valence electrons. The molecule has 0 saturated heterocycles. The second-order valence-electron chi connectivity index (χ2n) is 6.29. The maximum Gasteiger partial charge on any atom is 0.341 e. The van der Waals surface area contributed by atoms with Crippen molar-refractivity contribution in [2.45, 2.75) is 13.8 Å². The number of hydrogen-bond acceptors (Lipinski definition) is 8. The second-order valence-corrected chi connectivity index (χ2v) is 7.31. The number of rotatable bonds is 7. The van der Waals surface area contributed by atoms with E-state index in [-0.39, 0.29) is 35.5 Å². The number of para-hydroxylation sites is 1. The van der Waals surface area contributed by atoms with Gasteiger partial charge in [0, 0.05) is 7.05 Å². The van der Waals surface area contributed by atoms with Gasteiger partial charge in [-0.1, -0.05) is 6.07 Å². The van der Waals surface area contributed by atoms with Crippen LogP contribution >= 0.6 is 11.3 Å². The number of fused-ring (bicyclic) bond motifs is 1. The topological polar surface area (TPSA) is 115 Å². The van der Waals surface area contributed by atoms with Crippen LogP contribution in [0.4, 0.5) is 10.7 Å². The number of hydrogen-bond donors (Lipinski definition) is 3. The molecule has 0 bridgehead atoms. The monoisotopic (exact) mass is 433 g/mol. The number of esters is 1. The van der Waals surface area contributed by atoms with Crippen molar-refractivity contribution in [2.75, 3.05) is 44.0 Å². The predicted octanol–water partition coefficient (Wildman–Crippen LogP) is 2.41.